The fraction of sp³-hybridized carbons (Fsp3) is 0.606. The van der Waals surface area contributed by atoms with Crippen LogP contribution < -0.4 is 20.1 Å². The van der Waals surface area contributed by atoms with E-state index in [-0.39, 0.29) is 47.2 Å². The first-order valence-corrected chi connectivity index (χ1v) is 16.8. The van der Waals surface area contributed by atoms with Crippen LogP contribution in [0.1, 0.15) is 56.9 Å². The van der Waals surface area contributed by atoms with Gasteiger partial charge in [-0.25, -0.2) is 13.8 Å². The number of fused-ring (bicyclic) bond motifs is 1. The molecule has 2 saturated heterocycles. The number of hydrogen-bond donors (Lipinski definition) is 1. The number of anilines is 2. The van der Waals surface area contributed by atoms with Gasteiger partial charge in [-0.2, -0.15) is 23.1 Å². The molecule has 1 saturated carbocycles. The molecule has 1 aliphatic carbocycles. The molecule has 9 nitrogen and oxygen atoms in total. The molecule has 4 aliphatic rings. The van der Waals surface area contributed by atoms with Crippen LogP contribution in [-0.4, -0.2) is 95.5 Å². The van der Waals surface area contributed by atoms with Gasteiger partial charge in [0.15, 0.2) is 5.82 Å². The van der Waals surface area contributed by atoms with Crippen LogP contribution in [0.5, 0.6) is 11.9 Å². The largest absolute Gasteiger partial charge is 0.477 e. The van der Waals surface area contributed by atoms with E-state index in [1.807, 2.05) is 14.1 Å². The third-order valence-electron chi connectivity index (χ3n) is 10.5. The second kappa shape index (κ2) is 12.3. The lowest BCUT2D eigenvalue weighted by Gasteiger charge is -2.52. The highest BCUT2D eigenvalue weighted by atomic mass is 35.5. The van der Waals surface area contributed by atoms with Crippen LogP contribution in [0.4, 0.5) is 33.5 Å². The number of pyridine rings is 1. The van der Waals surface area contributed by atoms with Gasteiger partial charge in [0.1, 0.15) is 35.2 Å². The molecular formula is C33H39ClF5N7O2. The number of hydrogen-bond acceptors (Lipinski definition) is 9. The normalized spacial score (nSPS) is 23.7. The lowest BCUT2D eigenvalue weighted by molar-refractivity contribution is -0.137. The Labute approximate surface area is 280 Å². The predicted molar refractivity (Wildman–Crippen MR) is 173 cm³/mol. The third kappa shape index (κ3) is 5.77. The summed E-state index contributed by atoms with van der Waals surface area (Å²) in [7, 11) is 3.97. The fourth-order valence-electron chi connectivity index (χ4n) is 8.09. The van der Waals surface area contributed by atoms with Crippen LogP contribution in [-0.2, 0) is 6.18 Å². The fourth-order valence-corrected chi connectivity index (χ4v) is 8.42. The quantitative estimate of drug-likeness (QED) is 0.209. The Bertz CT molecular complexity index is 1720. The molecule has 0 radical (unpaired) electrons. The van der Waals surface area contributed by atoms with Gasteiger partial charge in [-0.3, -0.25) is 4.90 Å². The van der Waals surface area contributed by atoms with Crippen molar-refractivity contribution in [3.05, 3.63) is 28.5 Å². The maximum Gasteiger partial charge on any atom is 0.418 e. The second-order valence-corrected chi connectivity index (χ2v) is 14.3. The molecule has 3 aliphatic heterocycles. The molecule has 15 heteroatoms. The van der Waals surface area contributed by atoms with Gasteiger partial charge in [0.25, 0.3) is 0 Å². The maximum absolute atomic E-state index is 16.9. The second-order valence-electron chi connectivity index (χ2n) is 13.9. The minimum atomic E-state index is -4.94. The summed E-state index contributed by atoms with van der Waals surface area (Å²) in [5.41, 5.74) is 2.15. The van der Waals surface area contributed by atoms with Crippen molar-refractivity contribution in [3.8, 4) is 23.1 Å². The van der Waals surface area contributed by atoms with Crippen LogP contribution in [0.2, 0.25) is 5.02 Å². The number of nitrogens with two attached hydrogens (primary N) is 1. The monoisotopic (exact) mass is 695 g/mol. The molecule has 1 aromatic carbocycles. The topological polar surface area (TPSA) is 92.9 Å². The average molecular weight is 696 g/mol. The van der Waals surface area contributed by atoms with Crippen molar-refractivity contribution < 1.29 is 31.4 Å². The standard InChI is InChI=1S/C33H39ClF5N7O2/c1-44(2)10-5-12-46-28-23-27(42-30(43-28)48-18-32-8-4-11-45(32)17-19(35)16-32)25(36)26(41-29(23)47-13-9-31(46)6-3-7-31)21-14-20(40)15-22(34)24(21)33(37,38)39/h14-15,19H,3-13,16-18,40H2,1-2H3/t19-,32+/m1/s1. The number of nitrogen functional groups attached to an aromatic ring is 1. The predicted octanol–water partition coefficient (Wildman–Crippen LogP) is 6.50. The number of aromatic nitrogens is 3. The van der Waals surface area contributed by atoms with Crippen LogP contribution in [0.3, 0.4) is 0 Å². The molecule has 2 aromatic heterocycles. The number of nitrogens with zero attached hydrogens (tertiary/aromatic N) is 6. The van der Waals surface area contributed by atoms with Crippen molar-refractivity contribution in [3.63, 3.8) is 0 Å². The van der Waals surface area contributed by atoms with Crippen molar-refractivity contribution in [2.75, 3.05) is 64.1 Å². The number of rotatable bonds is 8. The van der Waals surface area contributed by atoms with Gasteiger partial charge >= 0.3 is 12.2 Å². The Morgan fingerprint density at radius 3 is 2.62 bits per heavy atom. The van der Waals surface area contributed by atoms with Gasteiger partial charge in [0.2, 0.25) is 5.88 Å². The van der Waals surface area contributed by atoms with E-state index in [1.165, 1.54) is 0 Å². The van der Waals surface area contributed by atoms with E-state index in [4.69, 9.17) is 31.8 Å². The molecule has 3 aromatic rings. The molecule has 0 bridgehead atoms. The summed E-state index contributed by atoms with van der Waals surface area (Å²) >= 11 is 6.06. The van der Waals surface area contributed by atoms with Crippen LogP contribution in [0.15, 0.2) is 12.1 Å². The van der Waals surface area contributed by atoms with Gasteiger partial charge in [-0.05, 0) is 77.8 Å². The Kier molecular flexibility index (Phi) is 8.51. The first-order chi connectivity index (χ1) is 22.8. The van der Waals surface area contributed by atoms with E-state index in [2.05, 4.69) is 24.7 Å². The lowest BCUT2D eigenvalue weighted by atomic mass is 9.72. The number of ether oxygens (including phenoxy) is 2. The molecule has 260 valence electrons. The Hall–Kier alpha value is -3.23. The van der Waals surface area contributed by atoms with Crippen molar-refractivity contribution in [2.24, 2.45) is 0 Å². The molecule has 5 heterocycles. The first-order valence-electron chi connectivity index (χ1n) is 16.5. The van der Waals surface area contributed by atoms with Gasteiger partial charge in [0, 0.05) is 42.7 Å². The van der Waals surface area contributed by atoms with Crippen molar-refractivity contribution >= 4 is 34.0 Å². The van der Waals surface area contributed by atoms with Crippen LogP contribution >= 0.6 is 11.6 Å². The average Bonchev–Trinajstić information content (AvgIpc) is 3.50. The molecule has 0 amide bonds. The Morgan fingerprint density at radius 1 is 1.12 bits per heavy atom. The smallest absolute Gasteiger partial charge is 0.418 e. The maximum atomic E-state index is 16.9. The third-order valence-corrected chi connectivity index (χ3v) is 10.8. The summed E-state index contributed by atoms with van der Waals surface area (Å²) in [6, 6.07) is 1.83. The zero-order chi connectivity index (χ0) is 34.0. The highest BCUT2D eigenvalue weighted by Crippen LogP contribution is 2.50. The van der Waals surface area contributed by atoms with Gasteiger partial charge in [-0.15, -0.1) is 0 Å². The van der Waals surface area contributed by atoms with E-state index in [0.717, 1.165) is 63.7 Å². The van der Waals surface area contributed by atoms with Gasteiger partial charge in [0.05, 0.1) is 22.7 Å². The van der Waals surface area contributed by atoms with Crippen molar-refractivity contribution in [1.82, 2.24) is 24.8 Å². The molecule has 2 N–H and O–H groups in total. The first kappa shape index (κ1) is 33.3. The summed E-state index contributed by atoms with van der Waals surface area (Å²) in [6.45, 7) is 2.75. The Balaban J connectivity index is 1.43. The van der Waals surface area contributed by atoms with E-state index >= 15 is 4.39 Å². The SMILES string of the molecule is CN(C)CCCN1c2nc(OC[C@@]34CCCN3C[C@H](F)C4)nc3c(F)c(-c4cc(N)cc(Cl)c4C(F)(F)F)nc(c23)OCCC12CCC2. The summed E-state index contributed by atoms with van der Waals surface area (Å²) in [5.74, 6) is -0.837. The zero-order valence-corrected chi connectivity index (χ0v) is 27.7. The number of alkyl halides is 4. The van der Waals surface area contributed by atoms with E-state index in [1.54, 1.807) is 0 Å². The van der Waals surface area contributed by atoms with E-state index in [0.29, 0.717) is 31.7 Å². The number of benzene rings is 1. The van der Waals surface area contributed by atoms with Crippen molar-refractivity contribution in [1.29, 1.82) is 0 Å². The van der Waals surface area contributed by atoms with Crippen LogP contribution in [0, 0.1) is 5.82 Å². The van der Waals surface area contributed by atoms with Gasteiger partial charge < -0.3 is 25.0 Å². The summed E-state index contributed by atoms with van der Waals surface area (Å²) in [6.07, 6.45) is 0.148. The Morgan fingerprint density at radius 2 is 1.92 bits per heavy atom. The summed E-state index contributed by atoms with van der Waals surface area (Å²) in [4.78, 5) is 20.1. The van der Waals surface area contributed by atoms with Crippen molar-refractivity contribution in [2.45, 2.75) is 74.8 Å². The van der Waals surface area contributed by atoms with Gasteiger partial charge in [-0.1, -0.05) is 11.6 Å². The highest BCUT2D eigenvalue weighted by Gasteiger charge is 2.50. The highest BCUT2D eigenvalue weighted by molar-refractivity contribution is 6.32. The zero-order valence-electron chi connectivity index (χ0n) is 27.0. The molecule has 2 atom stereocenters. The molecule has 0 unspecified atom stereocenters. The molecule has 7 rings (SSSR count). The van der Waals surface area contributed by atoms with E-state index in [9.17, 15) is 17.6 Å². The minimum absolute atomic E-state index is 0.0852. The summed E-state index contributed by atoms with van der Waals surface area (Å²) in [5, 5.41) is -0.523. The summed E-state index contributed by atoms with van der Waals surface area (Å²) < 4.78 is 86.9. The van der Waals surface area contributed by atoms with Crippen LogP contribution in [0.25, 0.3) is 22.2 Å². The molecule has 3 fully saturated rings. The molecule has 48 heavy (non-hydrogen) atoms. The van der Waals surface area contributed by atoms with E-state index < -0.39 is 45.5 Å². The minimum Gasteiger partial charge on any atom is -0.477 e. The molecule has 1 spiro atoms. The lowest BCUT2D eigenvalue weighted by Crippen LogP contribution is -2.56. The number of halogens is 6. The molecular weight excluding hydrogens is 657 g/mol.